The number of rotatable bonds is 7. The van der Waals surface area contributed by atoms with Crippen LogP contribution in [0.5, 0.6) is 0 Å². The maximum atomic E-state index is 12.0. The fourth-order valence-corrected chi connectivity index (χ4v) is 3.58. The van der Waals surface area contributed by atoms with Crippen LogP contribution in [0.1, 0.15) is 70.7 Å². The van der Waals surface area contributed by atoms with Crippen LogP contribution in [-0.4, -0.2) is 47.5 Å². The zero-order valence-electron chi connectivity index (χ0n) is 20.3. The first kappa shape index (κ1) is 25.4. The molecular formula is C23H36BNO6. The lowest BCUT2D eigenvalue weighted by Gasteiger charge is -2.32. The van der Waals surface area contributed by atoms with Gasteiger partial charge in [-0.3, -0.25) is 9.59 Å². The molecule has 1 aromatic carbocycles. The minimum atomic E-state index is -0.903. The largest absolute Gasteiger partial charge is 0.495 e. The van der Waals surface area contributed by atoms with Gasteiger partial charge in [-0.2, -0.15) is 0 Å². The Morgan fingerprint density at radius 2 is 1.58 bits per heavy atom. The second kappa shape index (κ2) is 8.92. The number of ether oxygens (including phenoxy) is 1. The Hall–Kier alpha value is -1.90. The van der Waals surface area contributed by atoms with E-state index in [9.17, 15) is 14.7 Å². The Morgan fingerprint density at radius 1 is 1.06 bits per heavy atom. The third-order valence-electron chi connectivity index (χ3n) is 5.96. The molecule has 0 atom stereocenters. The zero-order chi connectivity index (χ0) is 23.8. The number of esters is 1. The van der Waals surface area contributed by atoms with Gasteiger partial charge in [-0.25, -0.2) is 0 Å². The second-order valence-corrected chi connectivity index (χ2v) is 10.2. The van der Waals surface area contributed by atoms with E-state index in [1.54, 1.807) is 0 Å². The molecule has 1 aliphatic heterocycles. The number of hydrogen-bond donors (Lipinski definition) is 2. The molecule has 1 aliphatic rings. The van der Waals surface area contributed by atoms with Crippen LogP contribution >= 0.6 is 0 Å². The highest BCUT2D eigenvalue weighted by molar-refractivity contribution is 6.63. The van der Waals surface area contributed by atoms with Crippen LogP contribution in [0.4, 0.5) is 0 Å². The molecule has 8 heteroatoms. The van der Waals surface area contributed by atoms with Gasteiger partial charge in [-0.1, -0.05) is 6.07 Å². The van der Waals surface area contributed by atoms with Gasteiger partial charge in [0, 0.05) is 6.54 Å². The molecule has 1 heterocycles. The molecule has 0 radical (unpaired) electrons. The second-order valence-electron chi connectivity index (χ2n) is 10.2. The third kappa shape index (κ3) is 6.08. The Morgan fingerprint density at radius 3 is 2.06 bits per heavy atom. The van der Waals surface area contributed by atoms with Gasteiger partial charge in [0.15, 0.2) is 0 Å². The van der Waals surface area contributed by atoms with Gasteiger partial charge >= 0.3 is 19.1 Å². The summed E-state index contributed by atoms with van der Waals surface area (Å²) in [7, 11) is -0.594. The van der Waals surface area contributed by atoms with Crippen LogP contribution in [-0.2, 0) is 36.6 Å². The maximum absolute atomic E-state index is 12.0. The van der Waals surface area contributed by atoms with E-state index in [4.69, 9.17) is 14.0 Å². The van der Waals surface area contributed by atoms with E-state index >= 15 is 0 Å². The molecule has 1 saturated heterocycles. The molecular weight excluding hydrogens is 397 g/mol. The summed E-state index contributed by atoms with van der Waals surface area (Å²) in [5.41, 5.74) is 2.72. The van der Waals surface area contributed by atoms with Crippen molar-refractivity contribution >= 4 is 24.5 Å². The topological polar surface area (TPSA) is 94.1 Å². The first-order chi connectivity index (χ1) is 14.0. The van der Waals surface area contributed by atoms with Crippen LogP contribution in [0, 0.1) is 13.8 Å². The summed E-state index contributed by atoms with van der Waals surface area (Å²) in [4.78, 5) is 23.5. The highest BCUT2D eigenvalue weighted by atomic mass is 16.7. The van der Waals surface area contributed by atoms with E-state index in [1.165, 1.54) is 0 Å². The molecule has 0 aliphatic carbocycles. The Bertz CT molecular complexity index is 841. The lowest BCUT2D eigenvalue weighted by molar-refractivity contribution is -0.153. The van der Waals surface area contributed by atoms with Crippen molar-refractivity contribution in [2.24, 2.45) is 0 Å². The molecule has 0 saturated carbocycles. The highest BCUT2D eigenvalue weighted by Gasteiger charge is 2.52. The number of carboxylic acid groups (broad SMARTS) is 1. The van der Waals surface area contributed by atoms with Gasteiger partial charge in [0.1, 0.15) is 5.60 Å². The van der Waals surface area contributed by atoms with Crippen LogP contribution in [0.25, 0.3) is 0 Å². The molecule has 0 amide bonds. The number of carbonyl (C=O) groups is 2. The van der Waals surface area contributed by atoms with Crippen molar-refractivity contribution in [3.8, 4) is 0 Å². The van der Waals surface area contributed by atoms with Gasteiger partial charge in [0.2, 0.25) is 0 Å². The number of carboxylic acids is 1. The van der Waals surface area contributed by atoms with E-state index in [0.717, 1.165) is 22.2 Å². The Balaban J connectivity index is 2.34. The molecule has 7 nitrogen and oxygen atoms in total. The van der Waals surface area contributed by atoms with Gasteiger partial charge < -0.3 is 24.5 Å². The summed E-state index contributed by atoms with van der Waals surface area (Å²) in [6.07, 6.45) is -0.0995. The van der Waals surface area contributed by atoms with E-state index in [1.807, 2.05) is 68.4 Å². The smallest absolute Gasteiger partial charge is 0.481 e. The van der Waals surface area contributed by atoms with Crippen molar-refractivity contribution in [3.63, 3.8) is 0 Å². The van der Waals surface area contributed by atoms with Crippen molar-refractivity contribution in [2.45, 2.75) is 92.1 Å². The molecule has 0 unspecified atom stereocenters. The third-order valence-corrected chi connectivity index (χ3v) is 5.96. The van der Waals surface area contributed by atoms with E-state index in [0.29, 0.717) is 12.1 Å². The van der Waals surface area contributed by atoms with Crippen LogP contribution in [0.15, 0.2) is 6.07 Å². The lowest BCUT2D eigenvalue weighted by Crippen LogP contribution is -2.41. The molecule has 2 rings (SSSR count). The first-order valence-electron chi connectivity index (χ1n) is 10.7. The van der Waals surface area contributed by atoms with E-state index < -0.39 is 29.9 Å². The lowest BCUT2D eigenvalue weighted by atomic mass is 9.70. The van der Waals surface area contributed by atoms with Crippen LogP contribution in [0.2, 0.25) is 0 Å². The van der Waals surface area contributed by atoms with Crippen molar-refractivity contribution in [1.29, 1.82) is 0 Å². The average Bonchev–Trinajstić information content (AvgIpc) is 2.77. The fraction of sp³-hybridized carbons (Fsp3) is 0.652. The van der Waals surface area contributed by atoms with Gasteiger partial charge in [0.25, 0.3) is 0 Å². The molecule has 0 aromatic heterocycles. The molecule has 1 fully saturated rings. The van der Waals surface area contributed by atoms with Crippen LogP contribution < -0.4 is 10.8 Å². The Kier molecular flexibility index (Phi) is 7.30. The summed E-state index contributed by atoms with van der Waals surface area (Å²) >= 11 is 0. The van der Waals surface area contributed by atoms with Gasteiger partial charge in [-0.15, -0.1) is 0 Å². The van der Waals surface area contributed by atoms with Crippen molar-refractivity contribution < 1.29 is 28.7 Å². The number of hydrogen-bond acceptors (Lipinski definition) is 6. The minimum absolute atomic E-state index is 0.0602. The molecule has 2 N–H and O–H groups in total. The zero-order valence-corrected chi connectivity index (χ0v) is 20.3. The molecule has 0 spiro atoms. The number of carbonyl (C=O) groups excluding carboxylic acids is 1. The monoisotopic (exact) mass is 433 g/mol. The minimum Gasteiger partial charge on any atom is -0.481 e. The molecule has 0 bridgehead atoms. The van der Waals surface area contributed by atoms with Gasteiger partial charge in [0.05, 0.1) is 24.2 Å². The predicted octanol–water partition coefficient (Wildman–Crippen LogP) is 2.66. The van der Waals surface area contributed by atoms with E-state index in [2.05, 4.69) is 5.32 Å². The Labute approximate surface area is 186 Å². The summed E-state index contributed by atoms with van der Waals surface area (Å²) < 4.78 is 17.9. The molecule has 1 aromatic rings. The standard InChI is InChI=1S/C23H36BNO6/c1-14-16(11-18(26)27)10-17(12-25-13-19(28)29-21(3,4)5)15(2)20(14)24-30-22(6,7)23(8,9)31-24/h10,25H,11-13H2,1-9H3,(H,26,27). The first-order valence-corrected chi connectivity index (χ1v) is 10.7. The fourth-order valence-electron chi connectivity index (χ4n) is 3.58. The van der Waals surface area contributed by atoms with Crippen molar-refractivity contribution in [2.75, 3.05) is 6.54 Å². The highest BCUT2D eigenvalue weighted by Crippen LogP contribution is 2.37. The maximum Gasteiger partial charge on any atom is 0.495 e. The number of benzene rings is 1. The number of nitrogens with one attached hydrogen (secondary N) is 1. The van der Waals surface area contributed by atoms with E-state index in [-0.39, 0.29) is 18.9 Å². The van der Waals surface area contributed by atoms with Crippen molar-refractivity contribution in [3.05, 3.63) is 28.3 Å². The molecule has 172 valence electrons. The van der Waals surface area contributed by atoms with Gasteiger partial charge in [-0.05, 0) is 90.0 Å². The molecule has 31 heavy (non-hydrogen) atoms. The summed E-state index contributed by atoms with van der Waals surface area (Å²) in [5, 5.41) is 12.5. The summed E-state index contributed by atoms with van der Waals surface area (Å²) in [6.45, 7) is 17.8. The SMILES string of the molecule is Cc1c(CNCC(=O)OC(C)(C)C)cc(CC(=O)O)c(C)c1B1OC(C)(C)C(C)(C)O1. The summed E-state index contributed by atoms with van der Waals surface area (Å²) in [6, 6.07) is 1.88. The average molecular weight is 433 g/mol. The van der Waals surface area contributed by atoms with Crippen LogP contribution in [0.3, 0.4) is 0 Å². The van der Waals surface area contributed by atoms with Crippen molar-refractivity contribution in [1.82, 2.24) is 5.32 Å². The normalized spacial score (nSPS) is 17.6. The number of aliphatic carboxylic acids is 1. The summed E-state index contributed by atoms with van der Waals surface area (Å²) in [5.74, 6) is -1.24. The predicted molar refractivity (Wildman–Crippen MR) is 121 cm³/mol. The quantitative estimate of drug-likeness (QED) is 0.504.